The van der Waals surface area contributed by atoms with Crippen LogP contribution in [0.15, 0.2) is 29.2 Å². The molecule has 86 valence electrons. The molecule has 0 radical (unpaired) electrons. The number of benzene rings is 1. The number of carbonyl (C=O) groups excluding carboxylic acids is 1. The number of rotatable bonds is 3. The van der Waals surface area contributed by atoms with E-state index in [1.54, 1.807) is 18.2 Å². The highest BCUT2D eigenvalue weighted by molar-refractivity contribution is 7.93. The maximum Gasteiger partial charge on any atom is 0.190 e. The van der Waals surface area contributed by atoms with Crippen LogP contribution in [0.4, 0.5) is 0 Å². The molecule has 1 saturated carbocycles. The van der Waals surface area contributed by atoms with Gasteiger partial charge in [-0.05, 0) is 43.9 Å². The summed E-state index contributed by atoms with van der Waals surface area (Å²) in [6.45, 7) is 1.84. The van der Waals surface area contributed by atoms with Crippen LogP contribution in [0, 0.1) is 6.92 Å². The molecule has 2 rings (SSSR count). The summed E-state index contributed by atoms with van der Waals surface area (Å²) in [5, 5.41) is 0. The summed E-state index contributed by atoms with van der Waals surface area (Å²) in [6.07, 6.45) is 2.32. The lowest BCUT2D eigenvalue weighted by Crippen LogP contribution is -2.46. The third-order valence-electron chi connectivity index (χ3n) is 3.25. The first kappa shape index (κ1) is 11.3. The van der Waals surface area contributed by atoms with Gasteiger partial charge in [-0.1, -0.05) is 12.1 Å². The minimum absolute atomic E-state index is 0.263. The first-order chi connectivity index (χ1) is 7.52. The van der Waals surface area contributed by atoms with Crippen molar-refractivity contribution in [3.63, 3.8) is 0 Å². The van der Waals surface area contributed by atoms with Crippen molar-refractivity contribution in [1.29, 1.82) is 0 Å². The van der Waals surface area contributed by atoms with Crippen LogP contribution in [0.3, 0.4) is 0 Å². The van der Waals surface area contributed by atoms with Gasteiger partial charge in [0.1, 0.15) is 11.0 Å². The molecule has 0 unspecified atom stereocenters. The highest BCUT2D eigenvalue weighted by Gasteiger charge is 2.49. The fourth-order valence-electron chi connectivity index (χ4n) is 1.99. The third kappa shape index (κ3) is 1.48. The van der Waals surface area contributed by atoms with Gasteiger partial charge in [-0.15, -0.1) is 0 Å². The van der Waals surface area contributed by atoms with Crippen molar-refractivity contribution in [1.82, 2.24) is 0 Å². The van der Waals surface area contributed by atoms with E-state index in [-0.39, 0.29) is 4.90 Å². The molecule has 4 heteroatoms. The Morgan fingerprint density at radius 2 is 2.00 bits per heavy atom. The van der Waals surface area contributed by atoms with E-state index >= 15 is 0 Å². The molecule has 0 spiro atoms. The van der Waals surface area contributed by atoms with Crippen LogP contribution in [0.25, 0.3) is 0 Å². The second kappa shape index (κ2) is 3.70. The predicted molar refractivity (Wildman–Crippen MR) is 61.0 cm³/mol. The molecule has 1 aromatic carbocycles. The predicted octanol–water partition coefficient (Wildman–Crippen LogP) is 1.89. The molecule has 0 aliphatic heterocycles. The lowest BCUT2D eigenvalue weighted by Gasteiger charge is -2.35. The minimum atomic E-state index is -3.50. The van der Waals surface area contributed by atoms with Crippen molar-refractivity contribution in [2.24, 2.45) is 0 Å². The van der Waals surface area contributed by atoms with E-state index < -0.39 is 14.6 Å². The zero-order valence-corrected chi connectivity index (χ0v) is 9.96. The molecule has 1 fully saturated rings. The average Bonchev–Trinajstić information content (AvgIpc) is 2.16. The molecular formula is C12H14O3S. The molecule has 0 atom stereocenters. The summed E-state index contributed by atoms with van der Waals surface area (Å²) in [4.78, 5) is 11.3. The van der Waals surface area contributed by atoms with E-state index in [1.807, 2.05) is 13.0 Å². The molecule has 16 heavy (non-hydrogen) atoms. The zero-order valence-electron chi connectivity index (χ0n) is 9.14. The topological polar surface area (TPSA) is 51.2 Å². The smallest absolute Gasteiger partial charge is 0.190 e. The van der Waals surface area contributed by atoms with Crippen molar-refractivity contribution < 1.29 is 13.2 Å². The summed E-state index contributed by atoms with van der Waals surface area (Å²) in [7, 11) is -3.50. The van der Waals surface area contributed by atoms with Crippen molar-refractivity contribution >= 4 is 16.1 Å². The van der Waals surface area contributed by atoms with Gasteiger partial charge in [0.15, 0.2) is 9.84 Å². The van der Waals surface area contributed by atoms with Gasteiger partial charge < -0.3 is 4.79 Å². The summed E-state index contributed by atoms with van der Waals surface area (Å²) in [6, 6.07) is 6.73. The molecule has 0 amide bonds. The van der Waals surface area contributed by atoms with Crippen molar-refractivity contribution in [2.75, 3.05) is 0 Å². The molecule has 1 aliphatic carbocycles. The van der Waals surface area contributed by atoms with Crippen LogP contribution in [0.1, 0.15) is 24.8 Å². The van der Waals surface area contributed by atoms with E-state index in [9.17, 15) is 13.2 Å². The Hall–Kier alpha value is -1.16. The Balaban J connectivity index is 2.51. The first-order valence-electron chi connectivity index (χ1n) is 5.29. The molecule has 0 saturated heterocycles. The fourth-order valence-corrected chi connectivity index (χ4v) is 4.01. The van der Waals surface area contributed by atoms with Crippen LogP contribution >= 0.6 is 0 Å². The van der Waals surface area contributed by atoms with E-state index in [2.05, 4.69) is 0 Å². The van der Waals surface area contributed by atoms with E-state index in [0.29, 0.717) is 19.1 Å². The molecule has 3 nitrogen and oxygen atoms in total. The molecule has 0 aromatic heterocycles. The monoisotopic (exact) mass is 238 g/mol. The van der Waals surface area contributed by atoms with E-state index in [1.165, 1.54) is 0 Å². The average molecular weight is 238 g/mol. The van der Waals surface area contributed by atoms with E-state index in [0.717, 1.165) is 12.0 Å². The Kier molecular flexibility index (Phi) is 2.62. The minimum Gasteiger partial charge on any atom is -0.302 e. The van der Waals surface area contributed by atoms with Crippen LogP contribution in [-0.2, 0) is 14.6 Å². The summed E-state index contributed by atoms with van der Waals surface area (Å²) < 4.78 is 23.4. The number of aldehydes is 1. The van der Waals surface area contributed by atoms with Gasteiger partial charge in [0.2, 0.25) is 0 Å². The highest BCUT2D eigenvalue weighted by atomic mass is 32.2. The second-order valence-electron chi connectivity index (χ2n) is 4.36. The SMILES string of the molecule is Cc1cccc(S(=O)(=O)C2(C=O)CCC2)c1. The number of sulfone groups is 1. The summed E-state index contributed by atoms with van der Waals surface area (Å²) >= 11 is 0. The lowest BCUT2D eigenvalue weighted by atomic mass is 9.86. The number of hydrogen-bond donors (Lipinski definition) is 0. The van der Waals surface area contributed by atoms with Crippen LogP contribution in [0.5, 0.6) is 0 Å². The molecule has 0 heterocycles. The Labute approximate surface area is 95.4 Å². The first-order valence-corrected chi connectivity index (χ1v) is 6.78. The Morgan fingerprint density at radius 1 is 1.31 bits per heavy atom. The quantitative estimate of drug-likeness (QED) is 0.756. The Bertz CT molecular complexity index is 513. The normalized spacial score (nSPS) is 18.8. The molecule has 0 bridgehead atoms. The van der Waals surface area contributed by atoms with E-state index in [4.69, 9.17) is 0 Å². The molecular weight excluding hydrogens is 224 g/mol. The van der Waals surface area contributed by atoms with Crippen LogP contribution in [-0.4, -0.2) is 19.5 Å². The van der Waals surface area contributed by atoms with Gasteiger partial charge in [-0.25, -0.2) is 8.42 Å². The largest absolute Gasteiger partial charge is 0.302 e. The van der Waals surface area contributed by atoms with Gasteiger partial charge in [-0.2, -0.15) is 0 Å². The van der Waals surface area contributed by atoms with Gasteiger partial charge in [0, 0.05) is 0 Å². The van der Waals surface area contributed by atoms with Gasteiger partial charge >= 0.3 is 0 Å². The van der Waals surface area contributed by atoms with Gasteiger partial charge in [0.25, 0.3) is 0 Å². The van der Waals surface area contributed by atoms with Crippen molar-refractivity contribution in [3.8, 4) is 0 Å². The zero-order chi connectivity index (χ0) is 11.8. The maximum atomic E-state index is 12.3. The lowest BCUT2D eigenvalue weighted by molar-refractivity contribution is -0.111. The molecule has 1 aromatic rings. The van der Waals surface area contributed by atoms with Crippen molar-refractivity contribution in [2.45, 2.75) is 35.8 Å². The standard InChI is InChI=1S/C12H14O3S/c1-10-4-2-5-11(8-10)16(14,15)12(9-13)6-3-7-12/h2,4-5,8-9H,3,6-7H2,1H3. The van der Waals surface area contributed by atoms with Crippen LogP contribution < -0.4 is 0 Å². The Morgan fingerprint density at radius 3 is 2.44 bits per heavy atom. The third-order valence-corrected chi connectivity index (χ3v) is 5.70. The van der Waals surface area contributed by atoms with Gasteiger partial charge in [0.05, 0.1) is 4.90 Å². The molecule has 1 aliphatic rings. The summed E-state index contributed by atoms with van der Waals surface area (Å²) in [5.74, 6) is 0. The van der Waals surface area contributed by atoms with Gasteiger partial charge in [-0.3, -0.25) is 0 Å². The van der Waals surface area contributed by atoms with Crippen LogP contribution in [0.2, 0.25) is 0 Å². The number of hydrogen-bond acceptors (Lipinski definition) is 3. The highest BCUT2D eigenvalue weighted by Crippen LogP contribution is 2.41. The number of aryl methyl sites for hydroxylation is 1. The second-order valence-corrected chi connectivity index (χ2v) is 6.65. The van der Waals surface area contributed by atoms with Crippen molar-refractivity contribution in [3.05, 3.63) is 29.8 Å². The number of carbonyl (C=O) groups is 1. The fraction of sp³-hybridized carbons (Fsp3) is 0.417. The molecule has 0 N–H and O–H groups in total. The maximum absolute atomic E-state index is 12.3. The summed E-state index contributed by atoms with van der Waals surface area (Å²) in [5.41, 5.74) is 0.890.